The molecule has 0 aliphatic carbocycles. The van der Waals surface area contributed by atoms with E-state index >= 15 is 0 Å². The molecule has 138 valence electrons. The summed E-state index contributed by atoms with van der Waals surface area (Å²) >= 11 is 1.71. The Kier molecular flexibility index (Phi) is 6.58. The molecule has 0 N–H and O–H groups in total. The van der Waals surface area contributed by atoms with E-state index in [1.165, 1.54) is 4.90 Å². The second-order valence-electron chi connectivity index (χ2n) is 6.45. The lowest BCUT2D eigenvalue weighted by atomic mass is 10.1. The van der Waals surface area contributed by atoms with E-state index in [0.29, 0.717) is 24.5 Å². The predicted molar refractivity (Wildman–Crippen MR) is 105 cm³/mol. The van der Waals surface area contributed by atoms with Crippen LogP contribution in [-0.2, 0) is 11.3 Å². The first-order valence-electron chi connectivity index (χ1n) is 8.89. The van der Waals surface area contributed by atoms with Crippen LogP contribution in [0.2, 0.25) is 0 Å². The van der Waals surface area contributed by atoms with Crippen LogP contribution in [0.5, 0.6) is 5.75 Å². The second kappa shape index (κ2) is 9.10. The fourth-order valence-electron chi connectivity index (χ4n) is 3.01. The summed E-state index contributed by atoms with van der Waals surface area (Å²) in [7, 11) is 1.82. The van der Waals surface area contributed by atoms with Gasteiger partial charge >= 0.3 is 0 Å². The molecule has 1 atom stereocenters. The van der Waals surface area contributed by atoms with Gasteiger partial charge in [0.05, 0.1) is 11.7 Å². The number of amides is 1. The number of para-hydroxylation sites is 1. The maximum Gasteiger partial charge on any atom is 0.257 e. The van der Waals surface area contributed by atoms with Crippen molar-refractivity contribution in [2.24, 2.45) is 0 Å². The van der Waals surface area contributed by atoms with Gasteiger partial charge in [0.15, 0.2) is 0 Å². The largest absolute Gasteiger partial charge is 0.490 e. The number of hydrogen-bond acceptors (Lipinski definition) is 4. The van der Waals surface area contributed by atoms with Crippen LogP contribution in [0.1, 0.15) is 28.8 Å². The van der Waals surface area contributed by atoms with Crippen molar-refractivity contribution in [2.75, 3.05) is 26.5 Å². The van der Waals surface area contributed by atoms with Crippen LogP contribution in [0, 0.1) is 0 Å². The number of rotatable bonds is 7. The van der Waals surface area contributed by atoms with E-state index in [9.17, 15) is 4.79 Å². The third-order valence-electron chi connectivity index (χ3n) is 4.49. The molecule has 1 amide bonds. The van der Waals surface area contributed by atoms with Crippen LogP contribution in [-0.4, -0.2) is 43.4 Å². The maximum atomic E-state index is 12.9. The van der Waals surface area contributed by atoms with Crippen LogP contribution in [0.15, 0.2) is 53.4 Å². The van der Waals surface area contributed by atoms with Gasteiger partial charge in [-0.2, -0.15) is 0 Å². The van der Waals surface area contributed by atoms with Gasteiger partial charge in [0.2, 0.25) is 0 Å². The van der Waals surface area contributed by atoms with Gasteiger partial charge in [0.1, 0.15) is 12.4 Å². The topological polar surface area (TPSA) is 38.8 Å². The minimum Gasteiger partial charge on any atom is -0.490 e. The third kappa shape index (κ3) is 4.80. The predicted octanol–water partition coefficient (Wildman–Crippen LogP) is 4.24. The van der Waals surface area contributed by atoms with E-state index in [4.69, 9.17) is 9.47 Å². The van der Waals surface area contributed by atoms with Crippen LogP contribution in [0.3, 0.4) is 0 Å². The Bertz CT molecular complexity index is 726. The molecule has 4 nitrogen and oxygen atoms in total. The van der Waals surface area contributed by atoms with E-state index in [2.05, 4.69) is 30.5 Å². The zero-order valence-corrected chi connectivity index (χ0v) is 16.1. The number of benzene rings is 2. The molecule has 0 radical (unpaired) electrons. The molecule has 0 aromatic heterocycles. The van der Waals surface area contributed by atoms with E-state index in [1.807, 2.05) is 31.3 Å². The van der Waals surface area contributed by atoms with Crippen molar-refractivity contribution < 1.29 is 14.3 Å². The molecule has 0 spiro atoms. The molecule has 1 aliphatic rings. The summed E-state index contributed by atoms with van der Waals surface area (Å²) in [6, 6.07) is 15.7. The van der Waals surface area contributed by atoms with E-state index in [0.717, 1.165) is 25.0 Å². The van der Waals surface area contributed by atoms with Crippen molar-refractivity contribution in [3.63, 3.8) is 0 Å². The summed E-state index contributed by atoms with van der Waals surface area (Å²) in [6.07, 6.45) is 4.28. The molecule has 0 bridgehead atoms. The zero-order chi connectivity index (χ0) is 18.4. The number of nitrogens with zero attached hydrogens (tertiary/aromatic N) is 1. The van der Waals surface area contributed by atoms with Gasteiger partial charge in [0, 0.05) is 25.1 Å². The maximum absolute atomic E-state index is 12.9. The van der Waals surface area contributed by atoms with Crippen LogP contribution in [0.4, 0.5) is 0 Å². The molecule has 1 aliphatic heterocycles. The Morgan fingerprint density at radius 1 is 1.23 bits per heavy atom. The van der Waals surface area contributed by atoms with Crippen molar-refractivity contribution in [1.82, 2.24) is 4.90 Å². The molecule has 1 heterocycles. The lowest BCUT2D eigenvalue weighted by Gasteiger charge is -2.20. The Morgan fingerprint density at radius 3 is 2.69 bits per heavy atom. The van der Waals surface area contributed by atoms with Gasteiger partial charge in [0.25, 0.3) is 5.91 Å². The highest BCUT2D eigenvalue weighted by Gasteiger charge is 2.20. The first-order valence-corrected chi connectivity index (χ1v) is 10.1. The Labute approximate surface area is 159 Å². The first-order chi connectivity index (χ1) is 12.7. The highest BCUT2D eigenvalue weighted by atomic mass is 32.2. The average Bonchev–Trinajstić information content (AvgIpc) is 3.20. The highest BCUT2D eigenvalue weighted by molar-refractivity contribution is 7.98. The quantitative estimate of drug-likeness (QED) is 0.683. The van der Waals surface area contributed by atoms with Gasteiger partial charge in [-0.05, 0) is 48.9 Å². The molecule has 2 aromatic carbocycles. The SMILES string of the molecule is CSc1ccc(CN(C)C(=O)c2ccccc2OC[C@H]2CCCO2)cc1. The summed E-state index contributed by atoms with van der Waals surface area (Å²) in [5, 5.41) is 0. The molecule has 0 saturated carbocycles. The van der Waals surface area contributed by atoms with E-state index in [-0.39, 0.29) is 12.0 Å². The number of hydrogen-bond donors (Lipinski definition) is 0. The van der Waals surface area contributed by atoms with Crippen LogP contribution in [0.25, 0.3) is 0 Å². The fraction of sp³-hybridized carbons (Fsp3) is 0.381. The molecule has 5 heteroatoms. The smallest absolute Gasteiger partial charge is 0.257 e. The lowest BCUT2D eigenvalue weighted by Crippen LogP contribution is -2.27. The van der Waals surface area contributed by atoms with E-state index in [1.54, 1.807) is 16.7 Å². The molecular weight excluding hydrogens is 346 g/mol. The standard InChI is InChI=1S/C21H25NO3S/c1-22(14-16-9-11-18(26-2)12-10-16)21(23)19-7-3-4-8-20(19)25-15-17-6-5-13-24-17/h3-4,7-12,17H,5-6,13-15H2,1-2H3/t17-/m1/s1. The number of carbonyl (C=O) groups is 1. The minimum absolute atomic E-state index is 0.0399. The molecule has 26 heavy (non-hydrogen) atoms. The van der Waals surface area contributed by atoms with Gasteiger partial charge in [-0.3, -0.25) is 4.79 Å². The zero-order valence-electron chi connectivity index (χ0n) is 15.3. The third-order valence-corrected chi connectivity index (χ3v) is 5.24. The van der Waals surface area contributed by atoms with Crippen LogP contribution >= 0.6 is 11.8 Å². The second-order valence-corrected chi connectivity index (χ2v) is 7.33. The van der Waals surface area contributed by atoms with Crippen molar-refractivity contribution in [1.29, 1.82) is 0 Å². The van der Waals surface area contributed by atoms with Gasteiger partial charge in [-0.25, -0.2) is 0 Å². The number of ether oxygens (including phenoxy) is 2. The van der Waals surface area contributed by atoms with Gasteiger partial charge in [-0.15, -0.1) is 11.8 Å². The van der Waals surface area contributed by atoms with Crippen molar-refractivity contribution in [3.05, 3.63) is 59.7 Å². The van der Waals surface area contributed by atoms with Crippen molar-refractivity contribution in [2.45, 2.75) is 30.4 Å². The van der Waals surface area contributed by atoms with Gasteiger partial charge < -0.3 is 14.4 Å². The molecule has 2 aromatic rings. The van der Waals surface area contributed by atoms with Gasteiger partial charge in [-0.1, -0.05) is 24.3 Å². The minimum atomic E-state index is -0.0399. The normalized spacial score (nSPS) is 16.5. The molecule has 0 unspecified atom stereocenters. The molecule has 1 fully saturated rings. The number of thioether (sulfide) groups is 1. The molecule has 3 rings (SSSR count). The Morgan fingerprint density at radius 2 is 2.00 bits per heavy atom. The highest BCUT2D eigenvalue weighted by Crippen LogP contribution is 2.23. The summed E-state index contributed by atoms with van der Waals surface area (Å²) < 4.78 is 11.5. The average molecular weight is 372 g/mol. The van der Waals surface area contributed by atoms with E-state index < -0.39 is 0 Å². The van der Waals surface area contributed by atoms with Crippen molar-refractivity contribution >= 4 is 17.7 Å². The van der Waals surface area contributed by atoms with Crippen molar-refractivity contribution in [3.8, 4) is 5.75 Å². The molecular formula is C21H25NO3S. The summed E-state index contributed by atoms with van der Waals surface area (Å²) in [5.41, 5.74) is 1.70. The summed E-state index contributed by atoms with van der Waals surface area (Å²) in [4.78, 5) is 15.8. The van der Waals surface area contributed by atoms with Crippen LogP contribution < -0.4 is 4.74 Å². The molecule has 1 saturated heterocycles. The fourth-order valence-corrected chi connectivity index (χ4v) is 3.42. The summed E-state index contributed by atoms with van der Waals surface area (Å²) in [5.74, 6) is 0.583. The summed E-state index contributed by atoms with van der Waals surface area (Å²) in [6.45, 7) is 1.85. The Balaban J connectivity index is 1.65. The first kappa shape index (κ1) is 18.8. The Hall–Kier alpha value is -1.98. The lowest BCUT2D eigenvalue weighted by molar-refractivity contribution is 0.0656. The monoisotopic (exact) mass is 371 g/mol. The number of carbonyl (C=O) groups excluding carboxylic acids is 1.